The third-order valence-electron chi connectivity index (χ3n) is 5.50. The number of hydrogen-bond acceptors (Lipinski definition) is 6. The number of carbonyl (C=O) groups is 2. The molecule has 0 saturated carbocycles. The Hall–Kier alpha value is -1.14. The van der Waals surface area contributed by atoms with Crippen molar-refractivity contribution in [2.45, 2.75) is 115 Å². The van der Waals surface area contributed by atoms with Crippen LogP contribution in [0.3, 0.4) is 0 Å². The third kappa shape index (κ3) is 7.70. The van der Waals surface area contributed by atoms with E-state index in [0.29, 0.717) is 26.1 Å². The summed E-state index contributed by atoms with van der Waals surface area (Å²) in [4.78, 5) is 24.1. The van der Waals surface area contributed by atoms with Gasteiger partial charge in [0.15, 0.2) is 12.2 Å². The second-order valence-corrected chi connectivity index (χ2v) is 7.98. The van der Waals surface area contributed by atoms with Crippen molar-refractivity contribution in [3.05, 3.63) is 0 Å². The van der Waals surface area contributed by atoms with Crippen LogP contribution >= 0.6 is 0 Å². The summed E-state index contributed by atoms with van der Waals surface area (Å²) in [6, 6.07) is 0. The minimum absolute atomic E-state index is 0.193. The van der Waals surface area contributed by atoms with E-state index in [1.165, 1.54) is 25.7 Å². The second kappa shape index (κ2) is 13.2. The maximum Gasteiger partial charge on any atom is 0.306 e. The molecule has 6 nitrogen and oxygen atoms in total. The number of ether oxygens (including phenoxy) is 4. The fourth-order valence-electron chi connectivity index (χ4n) is 3.83. The SMILES string of the molecule is CCCCCCCC(=O)O[C@H]1COC2C1OC[C@H]2OC(=O)CCCCCCC. The molecule has 2 rings (SSSR count). The van der Waals surface area contributed by atoms with E-state index >= 15 is 0 Å². The molecule has 2 aliphatic rings. The van der Waals surface area contributed by atoms with Crippen LogP contribution in [-0.2, 0) is 28.5 Å². The number of unbranched alkanes of at least 4 members (excludes halogenated alkanes) is 8. The first kappa shape index (κ1) is 23.1. The molecule has 2 unspecified atom stereocenters. The molecule has 0 aromatic carbocycles. The first-order valence-electron chi connectivity index (χ1n) is 11.3. The van der Waals surface area contributed by atoms with E-state index in [-0.39, 0.29) is 24.1 Å². The lowest BCUT2D eigenvalue weighted by Crippen LogP contribution is -2.35. The molecule has 0 radical (unpaired) electrons. The van der Waals surface area contributed by atoms with Crippen LogP contribution in [0.2, 0.25) is 0 Å². The molecule has 0 aliphatic carbocycles. The predicted octanol–water partition coefficient (Wildman–Crippen LogP) is 4.33. The normalized spacial score (nSPS) is 26.2. The van der Waals surface area contributed by atoms with Crippen LogP contribution < -0.4 is 0 Å². The fourth-order valence-corrected chi connectivity index (χ4v) is 3.83. The van der Waals surface area contributed by atoms with Crippen LogP contribution in [0.4, 0.5) is 0 Å². The zero-order chi connectivity index (χ0) is 20.2. The number of fused-ring (bicyclic) bond motifs is 1. The lowest BCUT2D eigenvalue weighted by atomic mass is 10.1. The average molecular weight is 399 g/mol. The van der Waals surface area contributed by atoms with E-state index in [9.17, 15) is 9.59 Å². The van der Waals surface area contributed by atoms with Crippen molar-refractivity contribution in [1.82, 2.24) is 0 Å². The molecule has 2 saturated heterocycles. The summed E-state index contributed by atoms with van der Waals surface area (Å²) in [6.45, 7) is 4.96. The number of rotatable bonds is 14. The van der Waals surface area contributed by atoms with Gasteiger partial charge in [0.05, 0.1) is 13.2 Å². The maximum atomic E-state index is 12.1. The largest absolute Gasteiger partial charge is 0.457 e. The summed E-state index contributed by atoms with van der Waals surface area (Å²) in [7, 11) is 0. The van der Waals surface area contributed by atoms with Gasteiger partial charge in [-0.2, -0.15) is 0 Å². The van der Waals surface area contributed by atoms with Crippen LogP contribution in [0.25, 0.3) is 0 Å². The summed E-state index contributed by atoms with van der Waals surface area (Å²) in [5, 5.41) is 0. The van der Waals surface area contributed by atoms with Crippen molar-refractivity contribution >= 4 is 11.9 Å². The topological polar surface area (TPSA) is 71.1 Å². The Bertz CT molecular complexity index is 424. The van der Waals surface area contributed by atoms with Gasteiger partial charge in [-0.25, -0.2) is 0 Å². The highest BCUT2D eigenvalue weighted by Crippen LogP contribution is 2.31. The van der Waals surface area contributed by atoms with E-state index in [1.807, 2.05) is 0 Å². The summed E-state index contributed by atoms with van der Waals surface area (Å²) < 4.78 is 22.6. The van der Waals surface area contributed by atoms with Crippen molar-refractivity contribution in [2.75, 3.05) is 13.2 Å². The Morgan fingerprint density at radius 2 is 1.07 bits per heavy atom. The van der Waals surface area contributed by atoms with Gasteiger partial charge in [0.1, 0.15) is 12.2 Å². The molecular weight excluding hydrogens is 360 g/mol. The minimum atomic E-state index is -0.397. The molecule has 0 amide bonds. The smallest absolute Gasteiger partial charge is 0.306 e. The molecule has 162 valence electrons. The standard InChI is InChI=1S/C22H38O6/c1-3-5-7-9-11-13-19(23)27-17-15-25-22-18(16-26-21(17)22)28-20(24)14-12-10-8-6-4-2/h17-18,21-22H,3-16H2,1-2H3/t17-,18+,21?,22?. The molecule has 0 bridgehead atoms. The van der Waals surface area contributed by atoms with E-state index < -0.39 is 12.2 Å². The first-order valence-corrected chi connectivity index (χ1v) is 11.3. The molecular formula is C22H38O6. The number of hydrogen-bond donors (Lipinski definition) is 0. The summed E-state index contributed by atoms with van der Waals surface area (Å²) in [5.74, 6) is -0.385. The number of esters is 2. The second-order valence-electron chi connectivity index (χ2n) is 7.98. The van der Waals surface area contributed by atoms with Gasteiger partial charge in [-0.05, 0) is 12.8 Å². The Morgan fingerprint density at radius 3 is 1.46 bits per heavy atom. The molecule has 0 N–H and O–H groups in total. The summed E-state index contributed by atoms with van der Waals surface area (Å²) in [6.07, 6.45) is 10.4. The first-order chi connectivity index (χ1) is 13.7. The molecule has 2 heterocycles. The van der Waals surface area contributed by atoms with Crippen molar-refractivity contribution in [2.24, 2.45) is 0 Å². The van der Waals surface area contributed by atoms with E-state index in [0.717, 1.165) is 38.5 Å². The molecule has 2 fully saturated rings. The maximum absolute atomic E-state index is 12.1. The van der Waals surface area contributed by atoms with Crippen LogP contribution in [0.5, 0.6) is 0 Å². The van der Waals surface area contributed by atoms with Gasteiger partial charge in [-0.1, -0.05) is 65.2 Å². The van der Waals surface area contributed by atoms with Gasteiger partial charge in [0.2, 0.25) is 0 Å². The fraction of sp³-hybridized carbons (Fsp3) is 0.909. The molecule has 4 atom stereocenters. The van der Waals surface area contributed by atoms with Crippen LogP contribution in [0.15, 0.2) is 0 Å². The van der Waals surface area contributed by atoms with Crippen molar-refractivity contribution in [3.8, 4) is 0 Å². The minimum Gasteiger partial charge on any atom is -0.457 e. The number of carbonyl (C=O) groups excluding carboxylic acids is 2. The zero-order valence-electron chi connectivity index (χ0n) is 17.7. The molecule has 0 spiro atoms. The Balaban J connectivity index is 1.63. The zero-order valence-corrected chi connectivity index (χ0v) is 17.7. The monoisotopic (exact) mass is 398 g/mol. The molecule has 28 heavy (non-hydrogen) atoms. The highest BCUT2D eigenvalue weighted by molar-refractivity contribution is 5.70. The quantitative estimate of drug-likeness (QED) is 0.320. The average Bonchev–Trinajstić information content (AvgIpc) is 3.25. The third-order valence-corrected chi connectivity index (χ3v) is 5.50. The van der Waals surface area contributed by atoms with Gasteiger partial charge >= 0.3 is 11.9 Å². The summed E-state index contributed by atoms with van der Waals surface area (Å²) in [5.41, 5.74) is 0. The van der Waals surface area contributed by atoms with Gasteiger partial charge in [-0.15, -0.1) is 0 Å². The van der Waals surface area contributed by atoms with Crippen molar-refractivity contribution in [3.63, 3.8) is 0 Å². The Kier molecular flexibility index (Phi) is 10.9. The summed E-state index contributed by atoms with van der Waals surface area (Å²) >= 11 is 0. The van der Waals surface area contributed by atoms with Gasteiger partial charge in [0.25, 0.3) is 0 Å². The highest BCUT2D eigenvalue weighted by atomic mass is 16.7. The van der Waals surface area contributed by atoms with Crippen LogP contribution in [0, 0.1) is 0 Å². The Labute approximate surface area is 169 Å². The van der Waals surface area contributed by atoms with Gasteiger partial charge in [-0.3, -0.25) is 9.59 Å². The van der Waals surface area contributed by atoms with E-state index in [4.69, 9.17) is 18.9 Å². The Morgan fingerprint density at radius 1 is 0.679 bits per heavy atom. The molecule has 0 aromatic rings. The van der Waals surface area contributed by atoms with Crippen LogP contribution in [0.1, 0.15) is 90.9 Å². The lowest BCUT2D eigenvalue weighted by molar-refractivity contribution is -0.155. The van der Waals surface area contributed by atoms with Gasteiger partial charge in [0, 0.05) is 12.8 Å². The van der Waals surface area contributed by atoms with E-state index in [2.05, 4.69) is 13.8 Å². The molecule has 6 heteroatoms. The molecule has 2 aliphatic heterocycles. The lowest BCUT2D eigenvalue weighted by Gasteiger charge is -2.17. The van der Waals surface area contributed by atoms with Crippen molar-refractivity contribution < 1.29 is 28.5 Å². The van der Waals surface area contributed by atoms with Crippen molar-refractivity contribution in [1.29, 1.82) is 0 Å². The van der Waals surface area contributed by atoms with Crippen LogP contribution in [-0.4, -0.2) is 49.6 Å². The van der Waals surface area contributed by atoms with E-state index in [1.54, 1.807) is 0 Å². The molecule has 0 aromatic heterocycles. The van der Waals surface area contributed by atoms with Gasteiger partial charge < -0.3 is 18.9 Å². The highest BCUT2D eigenvalue weighted by Gasteiger charge is 2.51. The predicted molar refractivity (Wildman–Crippen MR) is 106 cm³/mol.